The van der Waals surface area contributed by atoms with Gasteiger partial charge in [-0.15, -0.1) is 90.7 Å². The molecular weight excluding hydrogens is 1710 g/mol. The van der Waals surface area contributed by atoms with Crippen molar-refractivity contribution in [2.45, 2.75) is 0 Å². The molecule has 0 spiro atoms. The average Bonchev–Trinajstić information content (AvgIpc) is 1.55. The second-order valence-electron chi connectivity index (χ2n) is 35.6. The third-order valence-corrected chi connectivity index (χ3v) is 36.9. The fourth-order valence-corrected chi connectivity index (χ4v) is 30.4. The van der Waals surface area contributed by atoms with Crippen LogP contribution in [0.4, 0.5) is 0 Å². The van der Waals surface area contributed by atoms with Crippen LogP contribution < -0.4 is 0 Å². The van der Waals surface area contributed by atoms with Gasteiger partial charge in [-0.25, -0.2) is 0 Å². The lowest BCUT2D eigenvalue weighted by Gasteiger charge is -2.06. The Morgan fingerprint density at radius 1 is 0.156 bits per heavy atom. The molecule has 0 radical (unpaired) electrons. The smallest absolute Gasteiger partial charge is 0.0751 e. The van der Waals surface area contributed by atoms with Crippen LogP contribution in [-0.4, -0.2) is 36.5 Å². The highest BCUT2D eigenvalue weighted by molar-refractivity contribution is 7.37. The van der Waals surface area contributed by atoms with Crippen LogP contribution in [0, 0.1) is 0 Å². The zero-order valence-corrected chi connectivity index (χ0v) is 77.1. The molecule has 32 aromatic rings. The summed E-state index contributed by atoms with van der Waals surface area (Å²) in [7, 11) is 17.3. The summed E-state index contributed by atoms with van der Waals surface area (Å²) in [4.78, 5) is 0. The van der Waals surface area contributed by atoms with Gasteiger partial charge in [0.15, 0.2) is 0 Å². The predicted octanol–water partition coefficient (Wildman–Crippen LogP) is 34.2. The van der Waals surface area contributed by atoms with Gasteiger partial charge in [0.25, 0.3) is 0 Å². The maximum atomic E-state index is 2.40. The number of aromatic nitrogens is 8. The minimum absolute atomic E-state index is 1.29. The SMILES string of the molecule is Cn1c2cc3cc4ccsc4cc3cc2c2c1c1cc3cc4sccc4cc3cc1n2C.Cn1c2cc3cc4sccc4cc3cc2c2c1c1cc3cc4ccsc4cc3cc1n2C.Cn1ccc2cc3cc4c(cc3cc21)sc1c2cc3cc5ccn(C)c5cc3cc2sc41.Cn1ccc2cc3cc4sc5c6cc7cc8c(ccn8C)cc7cc6sc5c4cc3cc21. The van der Waals surface area contributed by atoms with E-state index >= 15 is 0 Å². The van der Waals surface area contributed by atoms with E-state index in [9.17, 15) is 0 Å². The van der Waals surface area contributed by atoms with Crippen molar-refractivity contribution in [3.05, 3.63) is 289 Å². The molecule has 8 nitrogen and oxygen atoms in total. The van der Waals surface area contributed by atoms with Crippen molar-refractivity contribution in [1.82, 2.24) is 36.5 Å². The predicted molar refractivity (Wildman–Crippen MR) is 571 cm³/mol. The Labute approximate surface area is 760 Å². The van der Waals surface area contributed by atoms with Crippen molar-refractivity contribution >= 4 is 386 Å². The molecule has 32 rings (SSSR count). The number of nitrogens with zero attached hydrogens (tertiary/aromatic N) is 8. The van der Waals surface area contributed by atoms with Crippen LogP contribution in [0.3, 0.4) is 0 Å². The number of rotatable bonds is 0. The number of benzene rings is 16. The van der Waals surface area contributed by atoms with Crippen LogP contribution in [0.2, 0.25) is 0 Å². The van der Waals surface area contributed by atoms with Crippen LogP contribution in [0.5, 0.6) is 0 Å². The Hall–Kier alpha value is -13.4. The van der Waals surface area contributed by atoms with Crippen LogP contribution in [0.1, 0.15) is 0 Å². The van der Waals surface area contributed by atoms with Gasteiger partial charge in [-0.3, -0.25) is 0 Å². The van der Waals surface area contributed by atoms with Crippen LogP contribution in [-0.2, 0) is 56.4 Å². The summed E-state index contributed by atoms with van der Waals surface area (Å²) in [6, 6.07) is 93.2. The van der Waals surface area contributed by atoms with Crippen molar-refractivity contribution in [3.63, 3.8) is 0 Å². The molecule has 0 unspecified atom stereocenters. The molecule has 0 saturated heterocycles. The van der Waals surface area contributed by atoms with Crippen molar-refractivity contribution < 1.29 is 0 Å². The van der Waals surface area contributed by atoms with Gasteiger partial charge < -0.3 is 36.5 Å². The van der Waals surface area contributed by atoms with Gasteiger partial charge in [-0.05, 0) is 372 Å². The largest absolute Gasteiger partial charge is 0.351 e. The van der Waals surface area contributed by atoms with Gasteiger partial charge in [0, 0.05) is 205 Å². The van der Waals surface area contributed by atoms with Gasteiger partial charge in [-0.1, -0.05) is 0 Å². The third-order valence-electron chi connectivity index (χ3n) is 28.4. The highest BCUT2D eigenvalue weighted by Gasteiger charge is 2.24. The molecule has 16 aromatic carbocycles. The molecule has 0 saturated carbocycles. The summed E-state index contributed by atoms with van der Waals surface area (Å²) < 4.78 is 35.0. The Morgan fingerprint density at radius 2 is 0.336 bits per heavy atom. The molecule has 128 heavy (non-hydrogen) atoms. The average molecular weight is 1790 g/mol. The minimum atomic E-state index is 1.29. The molecule has 16 aromatic heterocycles. The second kappa shape index (κ2) is 26.2. The van der Waals surface area contributed by atoms with E-state index in [2.05, 4.69) is 382 Å². The van der Waals surface area contributed by atoms with E-state index < -0.39 is 0 Å². The van der Waals surface area contributed by atoms with Crippen molar-refractivity contribution in [2.24, 2.45) is 56.4 Å². The molecule has 0 aliphatic heterocycles. The first-order valence-corrected chi connectivity index (χ1v) is 49.9. The Bertz CT molecular complexity index is 9750. The van der Waals surface area contributed by atoms with E-state index in [1.165, 1.54) is 295 Å². The summed E-state index contributed by atoms with van der Waals surface area (Å²) in [5, 5.41) is 51.2. The van der Waals surface area contributed by atoms with Crippen molar-refractivity contribution in [1.29, 1.82) is 0 Å². The van der Waals surface area contributed by atoms with Crippen LogP contribution in [0.15, 0.2) is 289 Å². The molecule has 0 bridgehead atoms. The quantitative estimate of drug-likeness (QED) is 0.145. The standard InChI is InChI=1S/4C28H18N2S2/c1-29-5-3-15-7-17-13-25-21(9-19(17)11-23(15)29)27-28(31-25)22-10-20-12-24-16(4-6-30(24)2)8-18(20)14-26(22)32-27;1-29-23-11-17-7-15-3-5-31-25(15)13-19(17)9-21(23)28-27(29)22-10-20-14-26-16(4-6-32-26)8-18(20)12-24(22)30(28)2;1-29-23-11-19-13-25-15(3-5-31-25)7-17(19)9-21(23)28-27(29)22-10-18-8-16-4-6-32-26(16)14-20(18)12-24(22)30(28)2;1-29-5-3-15-7-17-9-21-25(13-19(17)11-23(15)29)31-28-22-10-18-8-16-4-6-30(2)24(16)12-20(18)14-26(22)32-27(21)28/h4*3-14H,1-2H3. The summed E-state index contributed by atoms with van der Waals surface area (Å²) in [5.41, 5.74) is 15.6. The summed E-state index contributed by atoms with van der Waals surface area (Å²) in [6.07, 6.45) is 8.57. The van der Waals surface area contributed by atoms with Gasteiger partial charge in [0.05, 0.1) is 62.9 Å². The molecule has 0 aliphatic carbocycles. The lowest BCUT2D eigenvalue weighted by atomic mass is 10.1. The van der Waals surface area contributed by atoms with Gasteiger partial charge in [-0.2, -0.15) is 0 Å². The first-order valence-electron chi connectivity index (χ1n) is 43.1. The highest BCUT2D eigenvalue weighted by Crippen LogP contribution is 2.51. The number of hydrogen-bond acceptors (Lipinski definition) is 8. The van der Waals surface area contributed by atoms with Crippen molar-refractivity contribution in [3.8, 4) is 0 Å². The van der Waals surface area contributed by atoms with Gasteiger partial charge in [0.1, 0.15) is 0 Å². The molecule has 0 amide bonds. The zero-order valence-electron chi connectivity index (χ0n) is 70.6. The highest BCUT2D eigenvalue weighted by atomic mass is 32.1. The van der Waals surface area contributed by atoms with E-state index in [-0.39, 0.29) is 0 Å². The van der Waals surface area contributed by atoms with E-state index in [0.29, 0.717) is 0 Å². The molecule has 0 atom stereocenters. The van der Waals surface area contributed by atoms with E-state index in [4.69, 9.17) is 0 Å². The lowest BCUT2D eigenvalue weighted by molar-refractivity contribution is 0.970. The normalized spacial score (nSPS) is 12.7. The molecule has 0 N–H and O–H groups in total. The fraction of sp³-hybridized carbons (Fsp3) is 0.0714. The lowest BCUT2D eigenvalue weighted by Crippen LogP contribution is -1.89. The molecule has 16 heteroatoms. The number of aryl methyl sites for hydroxylation is 8. The topological polar surface area (TPSA) is 39.4 Å². The maximum Gasteiger partial charge on any atom is 0.0751 e. The van der Waals surface area contributed by atoms with E-state index in [1.54, 1.807) is 0 Å². The van der Waals surface area contributed by atoms with E-state index in [0.717, 1.165) is 0 Å². The number of thiophene rings is 8. The molecule has 0 aliphatic rings. The first kappa shape index (κ1) is 72.8. The molecule has 0 fully saturated rings. The Balaban J connectivity index is 0.0000000845. The minimum Gasteiger partial charge on any atom is -0.351 e. The fourth-order valence-electron chi connectivity index (χ4n) is 21.8. The summed E-state index contributed by atoms with van der Waals surface area (Å²) >= 11 is 15.0. The van der Waals surface area contributed by atoms with Gasteiger partial charge >= 0.3 is 0 Å². The van der Waals surface area contributed by atoms with Crippen LogP contribution >= 0.6 is 90.7 Å². The number of fused-ring (bicyclic) bond motifs is 36. The molecule has 16 heterocycles. The second-order valence-corrected chi connectivity index (χ2v) is 43.6. The maximum absolute atomic E-state index is 2.40. The van der Waals surface area contributed by atoms with Crippen LogP contribution in [0.25, 0.3) is 295 Å². The Morgan fingerprint density at radius 3 is 0.586 bits per heavy atom. The van der Waals surface area contributed by atoms with E-state index in [1.807, 2.05) is 90.7 Å². The Kier molecular flexibility index (Phi) is 14.9. The monoisotopic (exact) mass is 1780 g/mol. The summed E-state index contributed by atoms with van der Waals surface area (Å²) in [5.74, 6) is 0. The first-order chi connectivity index (χ1) is 62.5. The number of hydrogen-bond donors (Lipinski definition) is 0. The zero-order chi connectivity index (χ0) is 84.5. The molecular formula is C112H72N8S8. The molecule has 608 valence electrons. The third kappa shape index (κ3) is 10.4. The summed E-state index contributed by atoms with van der Waals surface area (Å²) in [6.45, 7) is 0. The van der Waals surface area contributed by atoms with Crippen molar-refractivity contribution in [2.75, 3.05) is 0 Å². The van der Waals surface area contributed by atoms with Gasteiger partial charge in [0.2, 0.25) is 0 Å².